The SMILES string of the molecule is CNS(=O)(=O)c1ccc(-c2nccn2CCCN(C)C)cc1. The molecule has 2 rings (SSSR count). The fourth-order valence-electron chi connectivity index (χ4n) is 2.21. The van der Waals surface area contributed by atoms with Gasteiger partial charge in [-0.25, -0.2) is 18.1 Å². The minimum Gasteiger partial charge on any atom is -0.331 e. The molecule has 1 aromatic carbocycles. The maximum Gasteiger partial charge on any atom is 0.240 e. The molecule has 0 aliphatic carbocycles. The number of sulfonamides is 1. The third-order valence-corrected chi connectivity index (χ3v) is 4.84. The summed E-state index contributed by atoms with van der Waals surface area (Å²) in [6.45, 7) is 1.89. The Hall–Kier alpha value is -1.70. The van der Waals surface area contributed by atoms with Crippen molar-refractivity contribution in [3.8, 4) is 11.4 Å². The molecule has 0 saturated heterocycles. The van der Waals surface area contributed by atoms with Gasteiger partial charge >= 0.3 is 0 Å². The number of aromatic nitrogens is 2. The molecule has 0 aliphatic rings. The summed E-state index contributed by atoms with van der Waals surface area (Å²) in [5.41, 5.74) is 0.907. The lowest BCUT2D eigenvalue weighted by Crippen LogP contribution is -2.18. The van der Waals surface area contributed by atoms with Gasteiger partial charge in [-0.3, -0.25) is 0 Å². The van der Waals surface area contributed by atoms with Gasteiger partial charge in [0.1, 0.15) is 5.82 Å². The van der Waals surface area contributed by atoms with Crippen LogP contribution in [0.25, 0.3) is 11.4 Å². The van der Waals surface area contributed by atoms with Crippen molar-refractivity contribution in [2.75, 3.05) is 27.7 Å². The van der Waals surface area contributed by atoms with Gasteiger partial charge in [0.2, 0.25) is 10.0 Å². The molecule has 1 aromatic heterocycles. The Kier molecular flexibility index (Phi) is 5.33. The molecule has 0 aliphatic heterocycles. The van der Waals surface area contributed by atoms with E-state index < -0.39 is 10.0 Å². The first-order chi connectivity index (χ1) is 10.4. The van der Waals surface area contributed by atoms with Crippen molar-refractivity contribution < 1.29 is 8.42 Å². The lowest BCUT2D eigenvalue weighted by Gasteiger charge is -2.11. The summed E-state index contributed by atoms with van der Waals surface area (Å²) in [4.78, 5) is 6.78. The van der Waals surface area contributed by atoms with E-state index >= 15 is 0 Å². The quantitative estimate of drug-likeness (QED) is 0.837. The van der Waals surface area contributed by atoms with Crippen LogP contribution in [0.5, 0.6) is 0 Å². The zero-order chi connectivity index (χ0) is 16.2. The molecule has 0 bridgehead atoms. The molecule has 0 saturated carbocycles. The molecular weight excluding hydrogens is 300 g/mol. The first-order valence-electron chi connectivity index (χ1n) is 7.14. The summed E-state index contributed by atoms with van der Waals surface area (Å²) in [5, 5.41) is 0. The third kappa shape index (κ3) is 3.94. The Morgan fingerprint density at radius 2 is 1.91 bits per heavy atom. The Morgan fingerprint density at radius 1 is 1.23 bits per heavy atom. The van der Waals surface area contributed by atoms with E-state index in [1.807, 2.05) is 6.20 Å². The first kappa shape index (κ1) is 16.7. The Bertz CT molecular complexity index is 705. The van der Waals surface area contributed by atoms with E-state index in [0.717, 1.165) is 30.9 Å². The van der Waals surface area contributed by atoms with E-state index in [4.69, 9.17) is 0 Å². The zero-order valence-electron chi connectivity index (χ0n) is 13.2. The van der Waals surface area contributed by atoms with Crippen LogP contribution in [-0.2, 0) is 16.6 Å². The Balaban J connectivity index is 2.17. The maximum absolute atomic E-state index is 11.7. The van der Waals surface area contributed by atoms with E-state index in [-0.39, 0.29) is 4.90 Å². The molecule has 0 fully saturated rings. The molecule has 0 amide bonds. The van der Waals surface area contributed by atoms with Gasteiger partial charge < -0.3 is 9.47 Å². The van der Waals surface area contributed by atoms with Gasteiger partial charge in [0, 0.05) is 24.5 Å². The maximum atomic E-state index is 11.7. The minimum atomic E-state index is -3.40. The molecule has 120 valence electrons. The molecule has 22 heavy (non-hydrogen) atoms. The van der Waals surface area contributed by atoms with Crippen LogP contribution in [0.1, 0.15) is 6.42 Å². The standard InChI is InChI=1S/C15H22N4O2S/c1-16-22(20,21)14-7-5-13(6-8-14)15-17-9-12-19(15)11-4-10-18(2)3/h5-9,12,16H,4,10-11H2,1-3H3. The van der Waals surface area contributed by atoms with E-state index in [1.54, 1.807) is 30.5 Å². The number of hydrogen-bond acceptors (Lipinski definition) is 4. The third-order valence-electron chi connectivity index (χ3n) is 3.41. The second kappa shape index (κ2) is 7.04. The molecule has 0 atom stereocenters. The van der Waals surface area contributed by atoms with Gasteiger partial charge in [-0.15, -0.1) is 0 Å². The molecular formula is C15H22N4O2S. The number of aryl methyl sites for hydroxylation is 1. The van der Waals surface area contributed by atoms with Gasteiger partial charge in [0.15, 0.2) is 0 Å². The van der Waals surface area contributed by atoms with Crippen LogP contribution < -0.4 is 4.72 Å². The monoisotopic (exact) mass is 322 g/mol. The molecule has 1 heterocycles. The zero-order valence-corrected chi connectivity index (χ0v) is 14.0. The van der Waals surface area contributed by atoms with Gasteiger partial charge in [0.05, 0.1) is 4.90 Å². The minimum absolute atomic E-state index is 0.254. The number of nitrogens with one attached hydrogen (secondary N) is 1. The number of benzene rings is 1. The average Bonchev–Trinajstić information content (AvgIpc) is 2.95. The van der Waals surface area contributed by atoms with Crippen LogP contribution in [-0.4, -0.2) is 50.6 Å². The van der Waals surface area contributed by atoms with E-state index in [9.17, 15) is 8.42 Å². The summed E-state index contributed by atoms with van der Waals surface area (Å²) in [7, 11) is 2.11. The van der Waals surface area contributed by atoms with E-state index in [1.165, 1.54) is 7.05 Å². The molecule has 0 radical (unpaired) electrons. The predicted molar refractivity (Wildman–Crippen MR) is 87.1 cm³/mol. The lowest BCUT2D eigenvalue weighted by molar-refractivity contribution is 0.387. The van der Waals surface area contributed by atoms with Gasteiger partial charge in [-0.1, -0.05) is 0 Å². The van der Waals surface area contributed by atoms with Crippen LogP contribution in [0.15, 0.2) is 41.6 Å². The summed E-state index contributed by atoms with van der Waals surface area (Å²) < 4.78 is 27.9. The largest absolute Gasteiger partial charge is 0.331 e. The summed E-state index contributed by atoms with van der Waals surface area (Å²) in [6.07, 6.45) is 4.75. The fraction of sp³-hybridized carbons (Fsp3) is 0.400. The molecule has 2 aromatic rings. The summed E-state index contributed by atoms with van der Waals surface area (Å²) in [5.74, 6) is 0.854. The summed E-state index contributed by atoms with van der Waals surface area (Å²) >= 11 is 0. The van der Waals surface area contributed by atoms with Crippen molar-refractivity contribution in [1.82, 2.24) is 19.2 Å². The van der Waals surface area contributed by atoms with Crippen LogP contribution in [0.4, 0.5) is 0 Å². The van der Waals surface area contributed by atoms with Crippen molar-refractivity contribution in [2.24, 2.45) is 0 Å². The van der Waals surface area contributed by atoms with Crippen molar-refractivity contribution in [3.05, 3.63) is 36.7 Å². The van der Waals surface area contributed by atoms with Crippen molar-refractivity contribution in [1.29, 1.82) is 0 Å². The molecule has 1 N–H and O–H groups in total. The number of hydrogen-bond donors (Lipinski definition) is 1. The highest BCUT2D eigenvalue weighted by Crippen LogP contribution is 2.20. The Labute approximate surface area is 131 Å². The second-order valence-electron chi connectivity index (χ2n) is 5.33. The number of imidazole rings is 1. The fourth-order valence-corrected chi connectivity index (χ4v) is 2.94. The highest BCUT2D eigenvalue weighted by Gasteiger charge is 2.12. The van der Waals surface area contributed by atoms with Gasteiger partial charge in [-0.05, 0) is 58.4 Å². The van der Waals surface area contributed by atoms with Crippen molar-refractivity contribution in [2.45, 2.75) is 17.9 Å². The topological polar surface area (TPSA) is 67.2 Å². The lowest BCUT2D eigenvalue weighted by atomic mass is 10.2. The van der Waals surface area contributed by atoms with E-state index in [2.05, 4.69) is 33.3 Å². The van der Waals surface area contributed by atoms with Crippen LogP contribution in [0, 0.1) is 0 Å². The number of rotatable bonds is 7. The Morgan fingerprint density at radius 3 is 2.50 bits per heavy atom. The van der Waals surface area contributed by atoms with Crippen LogP contribution in [0.3, 0.4) is 0 Å². The smallest absolute Gasteiger partial charge is 0.240 e. The molecule has 0 spiro atoms. The van der Waals surface area contributed by atoms with Crippen molar-refractivity contribution in [3.63, 3.8) is 0 Å². The summed E-state index contributed by atoms with van der Waals surface area (Å²) in [6, 6.07) is 6.77. The van der Waals surface area contributed by atoms with Gasteiger partial charge in [-0.2, -0.15) is 0 Å². The number of nitrogens with zero attached hydrogens (tertiary/aromatic N) is 3. The van der Waals surface area contributed by atoms with Crippen molar-refractivity contribution >= 4 is 10.0 Å². The molecule has 6 nitrogen and oxygen atoms in total. The predicted octanol–water partition coefficient (Wildman–Crippen LogP) is 1.41. The van der Waals surface area contributed by atoms with E-state index in [0.29, 0.717) is 0 Å². The second-order valence-corrected chi connectivity index (χ2v) is 7.22. The van der Waals surface area contributed by atoms with Gasteiger partial charge in [0.25, 0.3) is 0 Å². The van der Waals surface area contributed by atoms with Crippen LogP contribution in [0.2, 0.25) is 0 Å². The van der Waals surface area contributed by atoms with Crippen LogP contribution >= 0.6 is 0 Å². The highest BCUT2D eigenvalue weighted by molar-refractivity contribution is 7.89. The average molecular weight is 322 g/mol. The normalized spacial score (nSPS) is 12.0. The highest BCUT2D eigenvalue weighted by atomic mass is 32.2. The molecule has 7 heteroatoms. The molecule has 0 unspecified atom stereocenters. The first-order valence-corrected chi connectivity index (χ1v) is 8.62.